The summed E-state index contributed by atoms with van der Waals surface area (Å²) < 4.78 is 7.38. The van der Waals surface area contributed by atoms with E-state index in [0.29, 0.717) is 17.1 Å². The van der Waals surface area contributed by atoms with Crippen LogP contribution in [0.25, 0.3) is 10.1 Å². The minimum Gasteiger partial charge on any atom is -0.465 e. The average molecular weight is 365 g/mol. The molecule has 0 unspecified atom stereocenters. The van der Waals surface area contributed by atoms with Crippen molar-refractivity contribution < 1.29 is 9.21 Å². The largest absolute Gasteiger partial charge is 0.465 e. The number of carbonyl (C=O) groups is 1. The van der Waals surface area contributed by atoms with Gasteiger partial charge in [-0.3, -0.25) is 4.79 Å². The predicted octanol–water partition coefficient (Wildman–Crippen LogP) is 4.08. The van der Waals surface area contributed by atoms with Gasteiger partial charge in [0.15, 0.2) is 0 Å². The third-order valence-electron chi connectivity index (χ3n) is 3.12. The number of aryl methyl sites for hydroxylation is 1. The van der Waals surface area contributed by atoms with Crippen LogP contribution in [0.2, 0.25) is 0 Å². The maximum Gasteiger partial charge on any atom is 0.263 e. The van der Waals surface area contributed by atoms with Gasteiger partial charge >= 0.3 is 0 Å². The van der Waals surface area contributed by atoms with Gasteiger partial charge in [-0.05, 0) is 31.2 Å². The molecule has 6 heteroatoms. The first kappa shape index (κ1) is 14.2. The first-order valence-corrected chi connectivity index (χ1v) is 7.96. The molecule has 2 aromatic heterocycles. The van der Waals surface area contributed by atoms with Crippen LogP contribution in [0, 0.1) is 6.92 Å². The number of furan rings is 1. The van der Waals surface area contributed by atoms with E-state index >= 15 is 0 Å². The van der Waals surface area contributed by atoms with E-state index < -0.39 is 0 Å². The second-order valence-electron chi connectivity index (χ2n) is 4.68. The van der Waals surface area contributed by atoms with Crippen LogP contribution in [-0.2, 0) is 6.54 Å². The fourth-order valence-electron chi connectivity index (χ4n) is 2.09. The number of benzene rings is 1. The van der Waals surface area contributed by atoms with Crippen LogP contribution in [0.15, 0.2) is 39.2 Å². The molecule has 0 saturated heterocycles. The number of thiophene rings is 1. The third kappa shape index (κ3) is 2.82. The Morgan fingerprint density at radius 1 is 1.38 bits per heavy atom. The number of rotatable bonds is 3. The summed E-state index contributed by atoms with van der Waals surface area (Å²) >= 11 is 4.81. The second-order valence-corrected chi connectivity index (χ2v) is 6.65. The highest BCUT2D eigenvalue weighted by molar-refractivity contribution is 9.10. The van der Waals surface area contributed by atoms with Crippen LogP contribution >= 0.6 is 27.3 Å². The van der Waals surface area contributed by atoms with E-state index in [4.69, 9.17) is 10.2 Å². The van der Waals surface area contributed by atoms with E-state index in [2.05, 4.69) is 21.2 Å². The van der Waals surface area contributed by atoms with Crippen molar-refractivity contribution in [2.45, 2.75) is 13.5 Å². The highest BCUT2D eigenvalue weighted by Crippen LogP contribution is 2.35. The molecule has 2 heterocycles. The molecule has 1 amide bonds. The number of hydrogen-bond donors (Lipinski definition) is 2. The molecular weight excluding hydrogens is 352 g/mol. The van der Waals surface area contributed by atoms with Crippen molar-refractivity contribution in [3.8, 4) is 0 Å². The maximum absolute atomic E-state index is 12.3. The van der Waals surface area contributed by atoms with Gasteiger partial charge in [-0.1, -0.05) is 22.0 Å². The molecule has 0 atom stereocenters. The fourth-order valence-corrected chi connectivity index (χ4v) is 3.68. The summed E-state index contributed by atoms with van der Waals surface area (Å²) in [6, 6.07) is 9.51. The van der Waals surface area contributed by atoms with Crippen LogP contribution in [-0.4, -0.2) is 5.91 Å². The van der Waals surface area contributed by atoms with Crippen LogP contribution in [0.1, 0.15) is 21.2 Å². The molecular formula is C15H13BrN2O2S. The highest BCUT2D eigenvalue weighted by atomic mass is 79.9. The van der Waals surface area contributed by atoms with Crippen molar-refractivity contribution in [2.75, 3.05) is 5.73 Å². The van der Waals surface area contributed by atoms with Gasteiger partial charge in [0.25, 0.3) is 5.91 Å². The molecule has 0 fully saturated rings. The van der Waals surface area contributed by atoms with Crippen molar-refractivity contribution in [2.24, 2.45) is 0 Å². The van der Waals surface area contributed by atoms with Gasteiger partial charge in [0.05, 0.1) is 12.2 Å². The molecule has 0 aliphatic heterocycles. The number of nitrogen functional groups attached to an aromatic ring is 1. The minimum atomic E-state index is -0.182. The quantitative estimate of drug-likeness (QED) is 0.735. The van der Waals surface area contributed by atoms with Gasteiger partial charge in [-0.15, -0.1) is 11.3 Å². The van der Waals surface area contributed by atoms with Gasteiger partial charge in [0.1, 0.15) is 16.4 Å². The number of amides is 1. The Hall–Kier alpha value is -1.79. The number of nitrogens with two attached hydrogens (primary N) is 1. The molecule has 0 bridgehead atoms. The lowest BCUT2D eigenvalue weighted by molar-refractivity contribution is 0.0953. The van der Waals surface area contributed by atoms with Gasteiger partial charge < -0.3 is 15.5 Å². The first-order valence-electron chi connectivity index (χ1n) is 6.35. The van der Waals surface area contributed by atoms with Crippen LogP contribution in [0.4, 0.5) is 5.69 Å². The Labute approximate surface area is 134 Å². The number of nitrogens with one attached hydrogen (secondary N) is 1. The SMILES string of the molecule is Cc1ccc(CNC(=O)c2sc3cc(Br)ccc3c2N)o1. The molecule has 3 N–H and O–H groups in total. The number of fused-ring (bicyclic) bond motifs is 1. The zero-order valence-electron chi connectivity index (χ0n) is 11.3. The normalized spacial score (nSPS) is 11.0. The molecule has 3 aromatic rings. The summed E-state index contributed by atoms with van der Waals surface area (Å²) in [5, 5.41) is 3.74. The second kappa shape index (κ2) is 5.54. The van der Waals surface area contributed by atoms with E-state index in [1.54, 1.807) is 0 Å². The third-order valence-corrected chi connectivity index (χ3v) is 4.78. The first-order chi connectivity index (χ1) is 10.0. The maximum atomic E-state index is 12.3. The standard InChI is InChI=1S/C15H13BrN2O2S/c1-8-2-4-10(20-8)7-18-15(19)14-13(17)11-5-3-9(16)6-12(11)21-14/h2-6H,7,17H2,1H3,(H,18,19). The molecule has 4 nitrogen and oxygen atoms in total. The van der Waals surface area contributed by atoms with Gasteiger partial charge in [0.2, 0.25) is 0 Å². The zero-order chi connectivity index (χ0) is 15.0. The average Bonchev–Trinajstić information content (AvgIpc) is 3.00. The Morgan fingerprint density at radius 2 is 2.19 bits per heavy atom. The summed E-state index contributed by atoms with van der Waals surface area (Å²) in [6.07, 6.45) is 0. The van der Waals surface area contributed by atoms with Crippen molar-refractivity contribution in [1.82, 2.24) is 5.32 Å². The van der Waals surface area contributed by atoms with Crippen molar-refractivity contribution in [3.05, 3.63) is 51.2 Å². The van der Waals surface area contributed by atoms with Gasteiger partial charge in [-0.25, -0.2) is 0 Å². The monoisotopic (exact) mass is 364 g/mol. The minimum absolute atomic E-state index is 0.182. The molecule has 0 spiro atoms. The number of halogens is 1. The Kier molecular flexibility index (Phi) is 3.73. The molecule has 21 heavy (non-hydrogen) atoms. The van der Waals surface area contributed by atoms with Crippen LogP contribution in [0.3, 0.4) is 0 Å². The van der Waals surface area contributed by atoms with Crippen molar-refractivity contribution in [3.63, 3.8) is 0 Å². The summed E-state index contributed by atoms with van der Waals surface area (Å²) in [5.74, 6) is 1.37. The molecule has 0 radical (unpaired) electrons. The Morgan fingerprint density at radius 3 is 2.90 bits per heavy atom. The number of anilines is 1. The lowest BCUT2D eigenvalue weighted by atomic mass is 10.2. The Bertz CT molecular complexity index is 822. The number of carbonyl (C=O) groups excluding carboxylic acids is 1. The lowest BCUT2D eigenvalue weighted by Gasteiger charge is -2.02. The van der Waals surface area contributed by atoms with E-state index in [9.17, 15) is 4.79 Å². The molecule has 0 aliphatic carbocycles. The van der Waals surface area contributed by atoms with Crippen LogP contribution in [0.5, 0.6) is 0 Å². The van der Waals surface area contributed by atoms with E-state index in [0.717, 1.165) is 26.1 Å². The molecule has 3 rings (SSSR count). The molecule has 108 valence electrons. The van der Waals surface area contributed by atoms with Crippen LogP contribution < -0.4 is 11.1 Å². The fraction of sp³-hybridized carbons (Fsp3) is 0.133. The smallest absolute Gasteiger partial charge is 0.263 e. The predicted molar refractivity (Wildman–Crippen MR) is 88.6 cm³/mol. The van der Waals surface area contributed by atoms with Gasteiger partial charge in [-0.2, -0.15) is 0 Å². The summed E-state index contributed by atoms with van der Waals surface area (Å²) in [4.78, 5) is 12.8. The lowest BCUT2D eigenvalue weighted by Crippen LogP contribution is -2.22. The molecule has 1 aromatic carbocycles. The number of hydrogen-bond acceptors (Lipinski definition) is 4. The summed E-state index contributed by atoms with van der Waals surface area (Å²) in [6.45, 7) is 2.22. The Balaban J connectivity index is 1.82. The van der Waals surface area contributed by atoms with Crippen molar-refractivity contribution in [1.29, 1.82) is 0 Å². The van der Waals surface area contributed by atoms with E-state index in [-0.39, 0.29) is 5.91 Å². The molecule has 0 saturated carbocycles. The van der Waals surface area contributed by atoms with E-state index in [1.807, 2.05) is 37.3 Å². The summed E-state index contributed by atoms with van der Waals surface area (Å²) in [7, 11) is 0. The summed E-state index contributed by atoms with van der Waals surface area (Å²) in [5.41, 5.74) is 6.60. The highest BCUT2D eigenvalue weighted by Gasteiger charge is 2.16. The molecule has 0 aliphatic rings. The topological polar surface area (TPSA) is 68.3 Å². The van der Waals surface area contributed by atoms with Crippen molar-refractivity contribution >= 4 is 48.9 Å². The van der Waals surface area contributed by atoms with Gasteiger partial charge in [0, 0.05) is 14.6 Å². The zero-order valence-corrected chi connectivity index (χ0v) is 13.7. The van der Waals surface area contributed by atoms with E-state index in [1.165, 1.54) is 11.3 Å².